The number of carbonyl (C=O) groups is 1. The van der Waals surface area contributed by atoms with E-state index < -0.39 is 0 Å². The molecule has 0 saturated carbocycles. The van der Waals surface area contributed by atoms with E-state index in [0.29, 0.717) is 12.5 Å². The lowest BCUT2D eigenvalue weighted by Gasteiger charge is -2.36. The molecule has 0 spiro atoms. The first-order chi connectivity index (χ1) is 15.2. The number of aliphatic imine (C=N–C) groups is 1. The number of amides is 1. The largest absolute Gasteiger partial charge is 0.361 e. The molecule has 7 nitrogen and oxygen atoms in total. The number of guanidine groups is 1. The van der Waals surface area contributed by atoms with Crippen LogP contribution in [0, 0.1) is 6.92 Å². The highest BCUT2D eigenvalue weighted by atomic mass is 16.2. The molecule has 2 N–H and O–H groups in total. The van der Waals surface area contributed by atoms with Crippen molar-refractivity contribution >= 4 is 22.8 Å². The Kier molecular flexibility index (Phi) is 7.12. The average molecular weight is 425 g/mol. The van der Waals surface area contributed by atoms with Crippen LogP contribution in [0.2, 0.25) is 0 Å². The summed E-state index contributed by atoms with van der Waals surface area (Å²) in [5.74, 6) is 1.28. The minimum atomic E-state index is 0.292. The van der Waals surface area contributed by atoms with E-state index in [4.69, 9.17) is 4.99 Å². The topological polar surface area (TPSA) is 67.0 Å². The summed E-state index contributed by atoms with van der Waals surface area (Å²) in [6.07, 6.45) is 5.35. The maximum atomic E-state index is 12.4. The van der Waals surface area contributed by atoms with E-state index in [1.807, 2.05) is 4.90 Å². The summed E-state index contributed by atoms with van der Waals surface area (Å²) < 4.78 is 0. The third-order valence-corrected chi connectivity index (χ3v) is 6.48. The van der Waals surface area contributed by atoms with Crippen LogP contribution in [-0.4, -0.2) is 90.5 Å². The van der Waals surface area contributed by atoms with Gasteiger partial charge in [-0.15, -0.1) is 0 Å². The fraction of sp³-hybridized carbons (Fsp3) is 0.583. The first kappa shape index (κ1) is 21.7. The quantitative estimate of drug-likeness (QED) is 0.551. The highest BCUT2D eigenvalue weighted by molar-refractivity contribution is 5.86. The second-order valence-corrected chi connectivity index (χ2v) is 8.65. The molecular formula is C24H36N6O. The number of aromatic amines is 1. The van der Waals surface area contributed by atoms with Crippen LogP contribution in [0.5, 0.6) is 0 Å². The van der Waals surface area contributed by atoms with Gasteiger partial charge in [-0.2, -0.15) is 0 Å². The van der Waals surface area contributed by atoms with Gasteiger partial charge in [-0.3, -0.25) is 14.7 Å². The normalized spacial score (nSPS) is 18.2. The molecule has 2 aliphatic rings. The standard InChI is InChI=1S/C24H36N6O/c1-3-25-24(26-10-9-20-17-27-23-19(2)7-6-8-21(20)23)30-15-13-28(14-16-30)18-22(31)29-11-4-5-12-29/h6-8,17,27H,3-5,9-16,18H2,1-2H3,(H,25,26). The SMILES string of the molecule is CCNC(=NCCc1c[nH]c2c(C)cccc12)N1CCN(CC(=O)N2CCCC2)CC1. The zero-order valence-electron chi connectivity index (χ0n) is 19.0. The van der Waals surface area contributed by atoms with Crippen LogP contribution in [0.1, 0.15) is 30.9 Å². The van der Waals surface area contributed by atoms with Crippen LogP contribution < -0.4 is 5.32 Å². The third kappa shape index (κ3) is 5.21. The zero-order chi connectivity index (χ0) is 21.6. The molecule has 7 heteroatoms. The Bertz CT molecular complexity index is 906. The van der Waals surface area contributed by atoms with Crippen molar-refractivity contribution in [2.75, 3.05) is 58.9 Å². The number of aryl methyl sites for hydroxylation is 1. The molecule has 4 rings (SSSR count). The summed E-state index contributed by atoms with van der Waals surface area (Å²) in [6.45, 7) is 11.9. The van der Waals surface area contributed by atoms with E-state index in [-0.39, 0.29) is 0 Å². The molecule has 1 aromatic heterocycles. The predicted molar refractivity (Wildman–Crippen MR) is 127 cm³/mol. The number of hydrogen-bond donors (Lipinski definition) is 2. The van der Waals surface area contributed by atoms with Crippen molar-refractivity contribution in [1.29, 1.82) is 0 Å². The monoisotopic (exact) mass is 424 g/mol. The predicted octanol–water partition coefficient (Wildman–Crippen LogP) is 2.22. The van der Waals surface area contributed by atoms with Crippen LogP contribution in [0.25, 0.3) is 10.9 Å². The molecule has 2 fully saturated rings. The van der Waals surface area contributed by atoms with E-state index in [9.17, 15) is 4.79 Å². The summed E-state index contributed by atoms with van der Waals surface area (Å²) in [5.41, 5.74) is 3.83. The molecular weight excluding hydrogens is 388 g/mol. The van der Waals surface area contributed by atoms with Crippen LogP contribution in [0.3, 0.4) is 0 Å². The van der Waals surface area contributed by atoms with Gasteiger partial charge in [0.25, 0.3) is 0 Å². The van der Waals surface area contributed by atoms with Crippen molar-refractivity contribution in [2.45, 2.75) is 33.1 Å². The number of para-hydroxylation sites is 1. The molecule has 0 unspecified atom stereocenters. The van der Waals surface area contributed by atoms with Gasteiger partial charge >= 0.3 is 0 Å². The van der Waals surface area contributed by atoms with Crippen molar-refractivity contribution in [3.8, 4) is 0 Å². The molecule has 0 atom stereocenters. The van der Waals surface area contributed by atoms with Gasteiger partial charge in [-0.25, -0.2) is 0 Å². The maximum Gasteiger partial charge on any atom is 0.236 e. The van der Waals surface area contributed by atoms with Crippen molar-refractivity contribution in [3.05, 3.63) is 35.5 Å². The van der Waals surface area contributed by atoms with Gasteiger partial charge < -0.3 is 20.1 Å². The van der Waals surface area contributed by atoms with Gasteiger partial charge in [-0.1, -0.05) is 18.2 Å². The van der Waals surface area contributed by atoms with Crippen LogP contribution in [-0.2, 0) is 11.2 Å². The van der Waals surface area contributed by atoms with E-state index in [0.717, 1.165) is 77.6 Å². The number of carbonyl (C=O) groups excluding carboxylic acids is 1. The number of benzene rings is 1. The minimum absolute atomic E-state index is 0.292. The maximum absolute atomic E-state index is 12.4. The van der Waals surface area contributed by atoms with Gasteiger partial charge in [0.1, 0.15) is 0 Å². The Morgan fingerprint density at radius 1 is 1.10 bits per heavy atom. The molecule has 3 heterocycles. The number of H-pyrrole nitrogens is 1. The first-order valence-corrected chi connectivity index (χ1v) is 11.7. The van der Waals surface area contributed by atoms with E-state index >= 15 is 0 Å². The number of hydrogen-bond acceptors (Lipinski definition) is 3. The van der Waals surface area contributed by atoms with E-state index in [1.165, 1.54) is 22.0 Å². The number of nitrogens with zero attached hydrogens (tertiary/aromatic N) is 4. The lowest BCUT2D eigenvalue weighted by atomic mass is 10.1. The van der Waals surface area contributed by atoms with Gasteiger partial charge in [0.05, 0.1) is 6.54 Å². The fourth-order valence-corrected chi connectivity index (χ4v) is 4.65. The summed E-state index contributed by atoms with van der Waals surface area (Å²) >= 11 is 0. The second kappa shape index (κ2) is 10.2. The van der Waals surface area contributed by atoms with Gasteiger partial charge in [0.15, 0.2) is 5.96 Å². The molecule has 0 radical (unpaired) electrons. The van der Waals surface area contributed by atoms with Crippen molar-refractivity contribution in [3.63, 3.8) is 0 Å². The Labute approximate surface area is 185 Å². The summed E-state index contributed by atoms with van der Waals surface area (Å²) in [4.78, 5) is 27.4. The molecule has 0 bridgehead atoms. The molecule has 1 aromatic carbocycles. The fourth-order valence-electron chi connectivity index (χ4n) is 4.65. The summed E-state index contributed by atoms with van der Waals surface area (Å²) in [5, 5.41) is 4.76. The molecule has 2 aliphatic heterocycles. The molecule has 1 amide bonds. The highest BCUT2D eigenvalue weighted by Gasteiger charge is 2.24. The smallest absolute Gasteiger partial charge is 0.236 e. The number of piperazine rings is 1. The molecule has 2 saturated heterocycles. The number of rotatable bonds is 6. The van der Waals surface area contributed by atoms with Crippen molar-refractivity contribution < 1.29 is 4.79 Å². The second-order valence-electron chi connectivity index (χ2n) is 8.65. The highest BCUT2D eigenvalue weighted by Crippen LogP contribution is 2.21. The number of aromatic nitrogens is 1. The lowest BCUT2D eigenvalue weighted by Crippen LogP contribution is -2.54. The third-order valence-electron chi connectivity index (χ3n) is 6.48. The zero-order valence-corrected chi connectivity index (χ0v) is 19.0. The lowest BCUT2D eigenvalue weighted by molar-refractivity contribution is -0.131. The molecule has 0 aliphatic carbocycles. The van der Waals surface area contributed by atoms with Crippen molar-refractivity contribution in [1.82, 2.24) is 25.0 Å². The Morgan fingerprint density at radius 3 is 2.61 bits per heavy atom. The molecule has 168 valence electrons. The Morgan fingerprint density at radius 2 is 1.87 bits per heavy atom. The van der Waals surface area contributed by atoms with E-state index in [2.05, 4.69) is 58.3 Å². The van der Waals surface area contributed by atoms with Gasteiger partial charge in [0, 0.05) is 69.5 Å². The number of fused-ring (bicyclic) bond motifs is 1. The average Bonchev–Trinajstić information content (AvgIpc) is 3.45. The number of likely N-dealkylation sites (tertiary alicyclic amines) is 1. The summed E-state index contributed by atoms with van der Waals surface area (Å²) in [6, 6.07) is 6.45. The van der Waals surface area contributed by atoms with Gasteiger partial charge in [0.2, 0.25) is 5.91 Å². The summed E-state index contributed by atoms with van der Waals surface area (Å²) in [7, 11) is 0. The van der Waals surface area contributed by atoms with E-state index in [1.54, 1.807) is 0 Å². The Hall–Kier alpha value is -2.54. The number of nitrogens with one attached hydrogen (secondary N) is 2. The van der Waals surface area contributed by atoms with Crippen molar-refractivity contribution in [2.24, 2.45) is 4.99 Å². The van der Waals surface area contributed by atoms with Crippen LogP contribution >= 0.6 is 0 Å². The first-order valence-electron chi connectivity index (χ1n) is 11.7. The Balaban J connectivity index is 1.30. The van der Waals surface area contributed by atoms with Crippen LogP contribution in [0.15, 0.2) is 29.4 Å². The van der Waals surface area contributed by atoms with Crippen LogP contribution in [0.4, 0.5) is 0 Å². The molecule has 2 aromatic rings. The van der Waals surface area contributed by atoms with Gasteiger partial charge in [-0.05, 0) is 44.2 Å². The minimum Gasteiger partial charge on any atom is -0.361 e. The molecule has 31 heavy (non-hydrogen) atoms.